The number of halogens is 3. The van der Waals surface area contributed by atoms with Crippen molar-refractivity contribution in [3.05, 3.63) is 47.5 Å². The summed E-state index contributed by atoms with van der Waals surface area (Å²) in [5.74, 6) is 1.61. The molecule has 2 aliphatic rings. The maximum Gasteiger partial charge on any atom is 0.416 e. The van der Waals surface area contributed by atoms with Gasteiger partial charge in [0.05, 0.1) is 22.3 Å². The fraction of sp³-hybridized carbons (Fsp3) is 0.421. The third-order valence-corrected chi connectivity index (χ3v) is 7.37. The molecular formula is C19H19F3N6O2S. The Hall–Kier alpha value is -2.73. The van der Waals surface area contributed by atoms with E-state index < -0.39 is 21.8 Å². The summed E-state index contributed by atoms with van der Waals surface area (Å²) in [5, 5.41) is 11.8. The summed E-state index contributed by atoms with van der Waals surface area (Å²) in [7, 11) is -3.93. The molecule has 3 aromatic rings. The van der Waals surface area contributed by atoms with Crippen LogP contribution < -0.4 is 10.0 Å². The Balaban J connectivity index is 1.33. The number of hydrogen-bond acceptors (Lipinski definition) is 6. The van der Waals surface area contributed by atoms with Gasteiger partial charge in [-0.15, -0.1) is 10.2 Å². The lowest BCUT2D eigenvalue weighted by atomic mass is 10.1. The normalized spacial score (nSPS) is 21.4. The van der Waals surface area contributed by atoms with Crippen LogP contribution in [0.3, 0.4) is 0 Å². The first-order valence-electron chi connectivity index (χ1n) is 9.89. The number of fused-ring (bicyclic) bond motifs is 3. The molecule has 1 aliphatic heterocycles. The number of alkyl halides is 3. The summed E-state index contributed by atoms with van der Waals surface area (Å²) in [5.41, 5.74) is 0.792. The summed E-state index contributed by atoms with van der Waals surface area (Å²) in [6.07, 6.45) is -0.183. The van der Waals surface area contributed by atoms with Gasteiger partial charge in [0.2, 0.25) is 10.0 Å². The monoisotopic (exact) mass is 452 g/mol. The minimum absolute atomic E-state index is 0.0161. The number of anilines is 1. The van der Waals surface area contributed by atoms with Gasteiger partial charge < -0.3 is 5.32 Å². The van der Waals surface area contributed by atoms with Gasteiger partial charge in [0, 0.05) is 24.9 Å². The Morgan fingerprint density at radius 1 is 1.13 bits per heavy atom. The van der Waals surface area contributed by atoms with Crippen molar-refractivity contribution in [3.63, 3.8) is 0 Å². The van der Waals surface area contributed by atoms with Crippen LogP contribution in [0.2, 0.25) is 0 Å². The van der Waals surface area contributed by atoms with E-state index in [2.05, 4.69) is 25.2 Å². The van der Waals surface area contributed by atoms with Gasteiger partial charge in [0.1, 0.15) is 11.6 Å². The van der Waals surface area contributed by atoms with Gasteiger partial charge in [-0.05, 0) is 43.5 Å². The fourth-order valence-corrected chi connectivity index (χ4v) is 5.63. The molecule has 1 aromatic carbocycles. The summed E-state index contributed by atoms with van der Waals surface area (Å²) >= 11 is 0. The fourth-order valence-electron chi connectivity index (χ4n) is 4.35. The summed E-state index contributed by atoms with van der Waals surface area (Å²) < 4.78 is 68.2. The van der Waals surface area contributed by atoms with Gasteiger partial charge in [0.15, 0.2) is 5.65 Å². The van der Waals surface area contributed by atoms with E-state index in [0.717, 1.165) is 61.0 Å². The van der Waals surface area contributed by atoms with Gasteiger partial charge in [-0.25, -0.2) is 18.1 Å². The number of nitrogens with one attached hydrogen (secondary N) is 2. The Labute approximate surface area is 175 Å². The molecule has 0 bridgehead atoms. The van der Waals surface area contributed by atoms with E-state index >= 15 is 0 Å². The van der Waals surface area contributed by atoms with Gasteiger partial charge in [-0.1, -0.05) is 0 Å². The number of hydrogen-bond donors (Lipinski definition) is 2. The van der Waals surface area contributed by atoms with Crippen molar-refractivity contribution in [1.82, 2.24) is 24.3 Å². The maximum absolute atomic E-state index is 12.7. The minimum Gasteiger partial charge on any atom is -0.368 e. The van der Waals surface area contributed by atoms with Crippen molar-refractivity contribution in [2.75, 3.05) is 11.9 Å². The van der Waals surface area contributed by atoms with Crippen molar-refractivity contribution in [1.29, 1.82) is 0 Å². The first-order chi connectivity index (χ1) is 14.7. The standard InChI is InChI=1S/C19H19F3N6O2S/c20-19(21,22)12-2-5-14(6-3-12)31(29,30)27-13-4-1-11(9-13)18-26-25-16-10-24-17-15(28(16)18)7-8-23-17/h2-3,5-6,10-11,13,23,27H,1,4,7-9H2/t11-,13+/m1/s1. The Morgan fingerprint density at radius 2 is 1.90 bits per heavy atom. The SMILES string of the molecule is O=S(=O)(N[C@H]1CC[C@@H](c2nnc3cnc4c(n23)CCN4)C1)c1ccc(C(F)(F)F)cc1. The second-order valence-corrected chi connectivity index (χ2v) is 9.55. The van der Waals surface area contributed by atoms with Crippen molar-refractivity contribution in [2.45, 2.75) is 48.7 Å². The lowest BCUT2D eigenvalue weighted by molar-refractivity contribution is -0.137. The molecule has 2 N–H and O–H groups in total. The summed E-state index contributed by atoms with van der Waals surface area (Å²) in [6, 6.07) is 3.17. The molecule has 2 atom stereocenters. The topological polar surface area (TPSA) is 101 Å². The average Bonchev–Trinajstić information content (AvgIpc) is 3.45. The Bertz CT molecular complexity index is 1240. The van der Waals surface area contributed by atoms with Crippen LogP contribution in [0.25, 0.3) is 5.65 Å². The summed E-state index contributed by atoms with van der Waals surface area (Å²) in [6.45, 7) is 0.791. The van der Waals surface area contributed by atoms with Crippen LogP contribution in [0.15, 0.2) is 35.4 Å². The van der Waals surface area contributed by atoms with Crippen LogP contribution >= 0.6 is 0 Å². The molecule has 0 radical (unpaired) electrons. The smallest absolute Gasteiger partial charge is 0.368 e. The van der Waals surface area contributed by atoms with Crippen molar-refractivity contribution in [2.24, 2.45) is 0 Å². The van der Waals surface area contributed by atoms with E-state index in [1.807, 2.05) is 4.40 Å². The van der Waals surface area contributed by atoms with Crippen LogP contribution in [0.5, 0.6) is 0 Å². The van der Waals surface area contributed by atoms with Crippen LogP contribution in [-0.4, -0.2) is 40.6 Å². The van der Waals surface area contributed by atoms with Gasteiger partial charge in [-0.3, -0.25) is 4.40 Å². The molecule has 1 fully saturated rings. The van der Waals surface area contributed by atoms with Gasteiger partial charge in [0.25, 0.3) is 0 Å². The zero-order chi connectivity index (χ0) is 21.8. The lowest BCUT2D eigenvalue weighted by Crippen LogP contribution is -2.33. The largest absolute Gasteiger partial charge is 0.416 e. The predicted molar refractivity (Wildman–Crippen MR) is 105 cm³/mol. The third-order valence-electron chi connectivity index (χ3n) is 5.83. The molecule has 12 heteroatoms. The lowest BCUT2D eigenvalue weighted by Gasteiger charge is -2.14. The second-order valence-electron chi connectivity index (χ2n) is 7.83. The molecule has 3 heterocycles. The van der Waals surface area contributed by atoms with E-state index in [0.29, 0.717) is 18.5 Å². The molecule has 31 heavy (non-hydrogen) atoms. The first-order valence-corrected chi connectivity index (χ1v) is 11.4. The van der Waals surface area contributed by atoms with Crippen LogP contribution in [0, 0.1) is 0 Å². The molecular weight excluding hydrogens is 433 g/mol. The molecule has 1 aliphatic carbocycles. The number of rotatable bonds is 4. The Morgan fingerprint density at radius 3 is 2.65 bits per heavy atom. The third kappa shape index (κ3) is 3.63. The number of nitrogens with zero attached hydrogens (tertiary/aromatic N) is 4. The van der Waals surface area contributed by atoms with E-state index in [9.17, 15) is 21.6 Å². The quantitative estimate of drug-likeness (QED) is 0.631. The predicted octanol–water partition coefficient (Wildman–Crippen LogP) is 2.73. The first kappa shape index (κ1) is 20.2. The van der Waals surface area contributed by atoms with Gasteiger partial charge >= 0.3 is 6.18 Å². The Kier molecular flexibility index (Phi) is 4.66. The number of sulfonamides is 1. The van der Waals surface area contributed by atoms with E-state index in [4.69, 9.17) is 0 Å². The zero-order valence-electron chi connectivity index (χ0n) is 16.2. The molecule has 2 aromatic heterocycles. The molecule has 0 spiro atoms. The molecule has 0 amide bonds. The van der Waals surface area contributed by atoms with Crippen molar-refractivity contribution >= 4 is 21.5 Å². The summed E-state index contributed by atoms with van der Waals surface area (Å²) in [4.78, 5) is 4.16. The molecule has 8 nitrogen and oxygen atoms in total. The van der Waals surface area contributed by atoms with E-state index in [1.54, 1.807) is 6.20 Å². The van der Waals surface area contributed by atoms with Crippen molar-refractivity contribution < 1.29 is 21.6 Å². The highest BCUT2D eigenvalue weighted by atomic mass is 32.2. The van der Waals surface area contributed by atoms with Crippen molar-refractivity contribution in [3.8, 4) is 0 Å². The molecule has 164 valence electrons. The zero-order valence-corrected chi connectivity index (χ0v) is 17.0. The van der Waals surface area contributed by atoms with Gasteiger partial charge in [-0.2, -0.15) is 13.2 Å². The van der Waals surface area contributed by atoms with Crippen LogP contribution in [0.4, 0.5) is 19.0 Å². The molecule has 0 saturated heterocycles. The highest BCUT2D eigenvalue weighted by Gasteiger charge is 2.34. The van der Waals surface area contributed by atoms with E-state index in [1.165, 1.54) is 0 Å². The molecule has 1 saturated carbocycles. The average molecular weight is 452 g/mol. The van der Waals surface area contributed by atoms with E-state index in [-0.39, 0.29) is 16.9 Å². The number of benzene rings is 1. The second kappa shape index (κ2) is 7.16. The highest BCUT2D eigenvalue weighted by molar-refractivity contribution is 7.89. The highest BCUT2D eigenvalue weighted by Crippen LogP contribution is 2.36. The minimum atomic E-state index is -4.51. The van der Waals surface area contributed by atoms with Crippen LogP contribution in [-0.2, 0) is 22.6 Å². The van der Waals surface area contributed by atoms with Crippen LogP contribution in [0.1, 0.15) is 42.3 Å². The number of aromatic nitrogens is 4. The molecule has 5 rings (SSSR count). The molecule has 0 unspecified atom stereocenters. The maximum atomic E-state index is 12.7.